The molecule has 2 heterocycles. The second kappa shape index (κ2) is 3.56. The Morgan fingerprint density at radius 3 is 3.13 bits per heavy atom. The smallest absolute Gasteiger partial charge is 0.371 e. The van der Waals surface area contributed by atoms with Crippen molar-refractivity contribution < 1.29 is 14.6 Å². The minimum absolute atomic E-state index is 0.135. The Kier molecular flexibility index (Phi) is 2.24. The van der Waals surface area contributed by atoms with E-state index in [9.17, 15) is 4.79 Å². The molecule has 6 heteroatoms. The molecule has 0 fully saturated rings. The summed E-state index contributed by atoms with van der Waals surface area (Å²) in [6.45, 7) is 2.35. The number of ether oxygens (including phenoxy) is 1. The minimum atomic E-state index is -1.12. The van der Waals surface area contributed by atoms with Crippen LogP contribution < -0.4 is 4.74 Å². The molecule has 0 atom stereocenters. The predicted molar refractivity (Wildman–Crippen MR) is 52.0 cm³/mol. The summed E-state index contributed by atoms with van der Waals surface area (Å²) in [5.74, 6) is -0.692. The number of carbonyl (C=O) groups is 1. The fourth-order valence-corrected chi connectivity index (χ4v) is 1.27. The lowest BCUT2D eigenvalue weighted by atomic mass is 10.4. The molecule has 6 nitrogen and oxygen atoms in total. The molecule has 2 aromatic heterocycles. The van der Waals surface area contributed by atoms with Crippen LogP contribution in [0, 0.1) is 0 Å². The van der Waals surface area contributed by atoms with Crippen LogP contribution >= 0.6 is 0 Å². The van der Waals surface area contributed by atoms with Crippen molar-refractivity contribution in [1.29, 1.82) is 0 Å². The third-order valence-corrected chi connectivity index (χ3v) is 1.86. The van der Waals surface area contributed by atoms with Crippen LogP contribution in [0.3, 0.4) is 0 Å². The SMILES string of the molecule is CCOc1ccnc2nc(C(=O)O)[nH]c12. The Labute approximate surface area is 84.9 Å². The van der Waals surface area contributed by atoms with Crippen LogP contribution in [0.25, 0.3) is 11.2 Å². The van der Waals surface area contributed by atoms with Crippen molar-refractivity contribution >= 4 is 17.1 Å². The summed E-state index contributed by atoms with van der Waals surface area (Å²) < 4.78 is 5.31. The zero-order valence-electron chi connectivity index (χ0n) is 8.02. The monoisotopic (exact) mass is 207 g/mol. The van der Waals surface area contributed by atoms with Gasteiger partial charge in [-0.15, -0.1) is 0 Å². The van der Waals surface area contributed by atoms with Crippen molar-refractivity contribution in [2.45, 2.75) is 6.92 Å². The normalized spacial score (nSPS) is 10.5. The first-order valence-corrected chi connectivity index (χ1v) is 4.43. The zero-order chi connectivity index (χ0) is 10.8. The maximum atomic E-state index is 10.7. The van der Waals surface area contributed by atoms with Gasteiger partial charge in [0.25, 0.3) is 0 Å². The van der Waals surface area contributed by atoms with Crippen molar-refractivity contribution in [3.8, 4) is 5.75 Å². The molecule has 2 aromatic rings. The molecule has 0 aliphatic rings. The highest BCUT2D eigenvalue weighted by molar-refractivity contribution is 5.89. The van der Waals surface area contributed by atoms with Gasteiger partial charge in [0.05, 0.1) is 6.61 Å². The first-order chi connectivity index (χ1) is 7.22. The van der Waals surface area contributed by atoms with Crippen LogP contribution in [0.1, 0.15) is 17.5 Å². The summed E-state index contributed by atoms with van der Waals surface area (Å²) in [7, 11) is 0. The first-order valence-electron chi connectivity index (χ1n) is 4.43. The van der Waals surface area contributed by atoms with Gasteiger partial charge in [0, 0.05) is 12.3 Å². The number of nitrogens with one attached hydrogen (secondary N) is 1. The number of fused-ring (bicyclic) bond motifs is 1. The van der Waals surface area contributed by atoms with E-state index in [1.54, 1.807) is 6.07 Å². The van der Waals surface area contributed by atoms with E-state index in [2.05, 4.69) is 15.0 Å². The van der Waals surface area contributed by atoms with Crippen molar-refractivity contribution in [2.75, 3.05) is 6.61 Å². The van der Waals surface area contributed by atoms with Crippen LogP contribution in [-0.4, -0.2) is 32.6 Å². The van der Waals surface area contributed by atoms with Gasteiger partial charge in [-0.1, -0.05) is 0 Å². The molecule has 0 aliphatic carbocycles. The van der Waals surface area contributed by atoms with E-state index in [0.717, 1.165) is 0 Å². The fourth-order valence-electron chi connectivity index (χ4n) is 1.27. The summed E-state index contributed by atoms with van der Waals surface area (Å²) in [6, 6.07) is 1.66. The molecule has 15 heavy (non-hydrogen) atoms. The average Bonchev–Trinajstić information content (AvgIpc) is 2.63. The summed E-state index contributed by atoms with van der Waals surface area (Å²) in [5.41, 5.74) is 0.857. The molecule has 78 valence electrons. The van der Waals surface area contributed by atoms with E-state index in [0.29, 0.717) is 23.5 Å². The van der Waals surface area contributed by atoms with Crippen LogP contribution in [-0.2, 0) is 0 Å². The summed E-state index contributed by atoms with van der Waals surface area (Å²) in [5, 5.41) is 8.74. The molecular formula is C9H9N3O3. The van der Waals surface area contributed by atoms with Crippen molar-refractivity contribution in [2.24, 2.45) is 0 Å². The highest BCUT2D eigenvalue weighted by Gasteiger charge is 2.13. The van der Waals surface area contributed by atoms with Crippen LogP contribution in [0.5, 0.6) is 5.75 Å². The summed E-state index contributed by atoms with van der Waals surface area (Å²) in [6.07, 6.45) is 1.53. The average molecular weight is 207 g/mol. The van der Waals surface area contributed by atoms with Gasteiger partial charge in [-0.3, -0.25) is 0 Å². The number of hydrogen-bond acceptors (Lipinski definition) is 4. The maximum Gasteiger partial charge on any atom is 0.371 e. The number of pyridine rings is 1. The highest BCUT2D eigenvalue weighted by Crippen LogP contribution is 2.21. The topological polar surface area (TPSA) is 88.1 Å². The number of rotatable bonds is 3. The van der Waals surface area contributed by atoms with E-state index in [1.807, 2.05) is 6.92 Å². The summed E-state index contributed by atoms with van der Waals surface area (Å²) >= 11 is 0. The second-order valence-electron chi connectivity index (χ2n) is 2.83. The third-order valence-electron chi connectivity index (χ3n) is 1.86. The Balaban J connectivity index is 2.59. The molecule has 0 unspecified atom stereocenters. The second-order valence-corrected chi connectivity index (χ2v) is 2.83. The largest absolute Gasteiger partial charge is 0.491 e. The number of carboxylic acid groups (broad SMARTS) is 1. The quantitative estimate of drug-likeness (QED) is 0.785. The first kappa shape index (κ1) is 9.45. The highest BCUT2D eigenvalue weighted by atomic mass is 16.5. The van der Waals surface area contributed by atoms with Gasteiger partial charge in [0.15, 0.2) is 5.65 Å². The molecular weight excluding hydrogens is 198 g/mol. The molecule has 0 spiro atoms. The number of aromatic amines is 1. The number of H-pyrrole nitrogens is 1. The lowest BCUT2D eigenvalue weighted by Gasteiger charge is -2.01. The molecule has 0 aromatic carbocycles. The van der Waals surface area contributed by atoms with Gasteiger partial charge in [-0.05, 0) is 6.92 Å². The van der Waals surface area contributed by atoms with Gasteiger partial charge in [0.2, 0.25) is 5.82 Å². The zero-order valence-corrected chi connectivity index (χ0v) is 8.02. The molecule has 2 rings (SSSR count). The predicted octanol–water partition coefficient (Wildman–Crippen LogP) is 1.05. The Morgan fingerprint density at radius 1 is 1.67 bits per heavy atom. The molecule has 0 saturated carbocycles. The van der Waals surface area contributed by atoms with Gasteiger partial charge in [-0.2, -0.15) is 0 Å². The minimum Gasteiger partial charge on any atom is -0.491 e. The standard InChI is InChI=1S/C9H9N3O3/c1-2-15-5-3-4-10-7-6(5)11-8(12-7)9(13)14/h3-4H,2H2,1H3,(H,13,14)(H,10,11,12). The Hall–Kier alpha value is -2.11. The van der Waals surface area contributed by atoms with Crippen LogP contribution in [0.4, 0.5) is 0 Å². The number of aromatic nitrogens is 3. The number of aromatic carboxylic acids is 1. The molecule has 0 amide bonds. The van der Waals surface area contributed by atoms with E-state index in [4.69, 9.17) is 9.84 Å². The number of hydrogen-bond donors (Lipinski definition) is 2. The molecule has 0 radical (unpaired) electrons. The third kappa shape index (κ3) is 1.61. The van der Waals surface area contributed by atoms with E-state index < -0.39 is 5.97 Å². The number of nitrogens with zero attached hydrogens (tertiary/aromatic N) is 2. The van der Waals surface area contributed by atoms with E-state index in [1.165, 1.54) is 6.20 Å². The molecule has 0 aliphatic heterocycles. The van der Waals surface area contributed by atoms with Crippen molar-refractivity contribution in [3.63, 3.8) is 0 Å². The molecule has 0 saturated heterocycles. The summed E-state index contributed by atoms with van der Waals surface area (Å²) in [4.78, 5) is 21.1. The number of carboxylic acids is 1. The van der Waals surface area contributed by atoms with E-state index in [-0.39, 0.29) is 5.82 Å². The van der Waals surface area contributed by atoms with Crippen molar-refractivity contribution in [3.05, 3.63) is 18.1 Å². The van der Waals surface area contributed by atoms with Gasteiger partial charge in [-0.25, -0.2) is 14.8 Å². The van der Waals surface area contributed by atoms with Crippen LogP contribution in [0.15, 0.2) is 12.3 Å². The lowest BCUT2D eigenvalue weighted by molar-refractivity contribution is 0.0685. The number of imidazole rings is 1. The Bertz CT molecular complexity index is 506. The fraction of sp³-hybridized carbons (Fsp3) is 0.222. The van der Waals surface area contributed by atoms with Crippen molar-refractivity contribution in [1.82, 2.24) is 15.0 Å². The molecule has 2 N–H and O–H groups in total. The van der Waals surface area contributed by atoms with Gasteiger partial charge in [0.1, 0.15) is 11.3 Å². The lowest BCUT2D eigenvalue weighted by Crippen LogP contribution is -1.98. The van der Waals surface area contributed by atoms with Gasteiger partial charge < -0.3 is 14.8 Å². The molecule has 0 bridgehead atoms. The Morgan fingerprint density at radius 2 is 2.47 bits per heavy atom. The van der Waals surface area contributed by atoms with Crippen LogP contribution in [0.2, 0.25) is 0 Å². The maximum absolute atomic E-state index is 10.7. The van der Waals surface area contributed by atoms with Gasteiger partial charge >= 0.3 is 5.97 Å². The van der Waals surface area contributed by atoms with E-state index >= 15 is 0 Å².